The minimum absolute atomic E-state index is 0.169. The number of hydrogen-bond donors (Lipinski definition) is 0. The molecule has 0 amide bonds. The Labute approximate surface area is 93.2 Å². The maximum Gasteiger partial charge on any atom is 0.337 e. The van der Waals surface area contributed by atoms with Gasteiger partial charge in [-0.1, -0.05) is 13.0 Å². The highest BCUT2D eigenvalue weighted by Crippen LogP contribution is 2.22. The summed E-state index contributed by atoms with van der Waals surface area (Å²) in [6.07, 6.45) is 1.01. The number of hydrogen-bond acceptors (Lipinski definition) is 3. The molecule has 4 heteroatoms. The molecule has 1 atom stereocenters. The maximum atomic E-state index is 13.6. The van der Waals surface area contributed by atoms with Crippen LogP contribution in [0.2, 0.25) is 0 Å². The van der Waals surface area contributed by atoms with Gasteiger partial charge in [0.1, 0.15) is 12.1 Å². The monoisotopic (exact) mass is 224 g/mol. The van der Waals surface area contributed by atoms with Gasteiger partial charge in [0.05, 0.1) is 12.7 Å². The number of benzene rings is 1. The van der Waals surface area contributed by atoms with Crippen LogP contribution in [0.25, 0.3) is 0 Å². The molecule has 1 rings (SSSR count). The van der Waals surface area contributed by atoms with E-state index in [0.29, 0.717) is 5.56 Å². The lowest BCUT2D eigenvalue weighted by molar-refractivity contribution is -0.108. The average molecular weight is 224 g/mol. The minimum atomic E-state index is -0.575. The van der Waals surface area contributed by atoms with Gasteiger partial charge in [0.15, 0.2) is 0 Å². The van der Waals surface area contributed by atoms with E-state index < -0.39 is 11.8 Å². The molecule has 0 N–H and O–H groups in total. The Kier molecular flexibility index (Phi) is 4.17. The smallest absolute Gasteiger partial charge is 0.337 e. The molecule has 1 unspecified atom stereocenters. The fourth-order valence-electron chi connectivity index (χ4n) is 1.44. The average Bonchev–Trinajstić information content (AvgIpc) is 2.28. The zero-order valence-corrected chi connectivity index (χ0v) is 9.20. The second-order valence-electron chi connectivity index (χ2n) is 3.53. The van der Waals surface area contributed by atoms with Crippen LogP contribution in [0.4, 0.5) is 4.39 Å². The van der Waals surface area contributed by atoms with E-state index in [1.807, 2.05) is 0 Å². The molecule has 86 valence electrons. The lowest BCUT2D eigenvalue weighted by Crippen LogP contribution is -2.04. The fourth-order valence-corrected chi connectivity index (χ4v) is 1.44. The number of aldehydes is 1. The van der Waals surface area contributed by atoms with E-state index in [1.54, 1.807) is 6.92 Å². The minimum Gasteiger partial charge on any atom is -0.465 e. The fraction of sp³-hybridized carbons (Fsp3) is 0.333. The summed E-state index contributed by atoms with van der Waals surface area (Å²) in [5.41, 5.74) is 0.599. The van der Waals surface area contributed by atoms with Crippen molar-refractivity contribution in [2.75, 3.05) is 7.11 Å². The van der Waals surface area contributed by atoms with Crippen LogP contribution in [0.15, 0.2) is 18.2 Å². The number of rotatable bonds is 4. The third kappa shape index (κ3) is 2.66. The van der Waals surface area contributed by atoms with Crippen molar-refractivity contribution < 1.29 is 18.7 Å². The summed E-state index contributed by atoms with van der Waals surface area (Å²) < 4.78 is 18.1. The SMILES string of the molecule is COC(=O)c1ccc(C(C)CC=O)c(F)c1. The van der Waals surface area contributed by atoms with Crippen molar-refractivity contribution in [1.82, 2.24) is 0 Å². The first kappa shape index (κ1) is 12.4. The summed E-state index contributed by atoms with van der Waals surface area (Å²) in [5.74, 6) is -1.25. The third-order valence-electron chi connectivity index (χ3n) is 2.40. The molecule has 1 aromatic carbocycles. The van der Waals surface area contributed by atoms with Crippen LogP contribution in [-0.4, -0.2) is 19.4 Å². The van der Waals surface area contributed by atoms with Crippen LogP contribution in [-0.2, 0) is 9.53 Å². The Morgan fingerprint density at radius 2 is 2.25 bits per heavy atom. The van der Waals surface area contributed by atoms with Gasteiger partial charge < -0.3 is 9.53 Å². The van der Waals surface area contributed by atoms with Crippen LogP contribution < -0.4 is 0 Å². The van der Waals surface area contributed by atoms with E-state index in [-0.39, 0.29) is 17.9 Å². The van der Waals surface area contributed by atoms with E-state index in [9.17, 15) is 14.0 Å². The van der Waals surface area contributed by atoms with Crippen molar-refractivity contribution in [1.29, 1.82) is 0 Å². The van der Waals surface area contributed by atoms with E-state index >= 15 is 0 Å². The summed E-state index contributed by atoms with van der Waals surface area (Å²) in [6.45, 7) is 1.75. The van der Waals surface area contributed by atoms with Crippen LogP contribution in [0.1, 0.15) is 35.2 Å². The summed E-state index contributed by atoms with van der Waals surface area (Å²) in [7, 11) is 1.24. The highest BCUT2D eigenvalue weighted by Gasteiger charge is 2.13. The van der Waals surface area contributed by atoms with E-state index in [1.165, 1.54) is 19.2 Å². The van der Waals surface area contributed by atoms with Crippen LogP contribution in [0, 0.1) is 5.82 Å². The molecule has 0 aliphatic carbocycles. The predicted octanol–water partition coefficient (Wildman–Crippen LogP) is 2.30. The lowest BCUT2D eigenvalue weighted by Gasteiger charge is -2.10. The van der Waals surface area contributed by atoms with Crippen molar-refractivity contribution in [2.24, 2.45) is 0 Å². The largest absolute Gasteiger partial charge is 0.465 e. The summed E-state index contributed by atoms with van der Waals surface area (Å²) in [6, 6.07) is 4.13. The highest BCUT2D eigenvalue weighted by atomic mass is 19.1. The molecule has 0 aliphatic heterocycles. The number of halogens is 1. The van der Waals surface area contributed by atoms with Crippen molar-refractivity contribution in [3.8, 4) is 0 Å². The van der Waals surface area contributed by atoms with Crippen molar-refractivity contribution in [3.05, 3.63) is 35.1 Å². The number of carbonyl (C=O) groups excluding carboxylic acids is 2. The Morgan fingerprint density at radius 1 is 1.56 bits per heavy atom. The van der Waals surface area contributed by atoms with Crippen molar-refractivity contribution >= 4 is 12.3 Å². The highest BCUT2D eigenvalue weighted by molar-refractivity contribution is 5.89. The Morgan fingerprint density at radius 3 is 2.75 bits per heavy atom. The maximum absolute atomic E-state index is 13.6. The number of ether oxygens (including phenoxy) is 1. The van der Waals surface area contributed by atoms with E-state index in [4.69, 9.17) is 0 Å². The van der Waals surface area contributed by atoms with Crippen LogP contribution in [0.3, 0.4) is 0 Å². The number of esters is 1. The molecular formula is C12H13FO3. The lowest BCUT2D eigenvalue weighted by atomic mass is 9.97. The summed E-state index contributed by atoms with van der Waals surface area (Å²) in [5, 5.41) is 0. The van der Waals surface area contributed by atoms with Crippen LogP contribution >= 0.6 is 0 Å². The molecule has 0 aliphatic rings. The molecule has 16 heavy (non-hydrogen) atoms. The molecule has 0 heterocycles. The van der Waals surface area contributed by atoms with Gasteiger partial charge >= 0.3 is 5.97 Å². The van der Waals surface area contributed by atoms with Crippen molar-refractivity contribution in [3.63, 3.8) is 0 Å². The molecule has 0 saturated carbocycles. The van der Waals surface area contributed by atoms with Crippen LogP contribution in [0.5, 0.6) is 0 Å². The molecule has 0 fully saturated rings. The zero-order chi connectivity index (χ0) is 12.1. The van der Waals surface area contributed by atoms with E-state index in [2.05, 4.69) is 4.74 Å². The first-order valence-electron chi connectivity index (χ1n) is 4.91. The van der Waals surface area contributed by atoms with Gasteiger partial charge in [0.25, 0.3) is 0 Å². The molecule has 0 spiro atoms. The molecule has 0 aromatic heterocycles. The van der Waals surface area contributed by atoms with Gasteiger partial charge in [-0.25, -0.2) is 9.18 Å². The molecule has 0 saturated heterocycles. The molecule has 0 radical (unpaired) electrons. The normalized spacial score (nSPS) is 11.9. The third-order valence-corrected chi connectivity index (χ3v) is 2.40. The van der Waals surface area contributed by atoms with Gasteiger partial charge in [0.2, 0.25) is 0 Å². The van der Waals surface area contributed by atoms with Crippen molar-refractivity contribution in [2.45, 2.75) is 19.3 Å². The predicted molar refractivity (Wildman–Crippen MR) is 56.8 cm³/mol. The van der Waals surface area contributed by atoms with Gasteiger partial charge in [-0.2, -0.15) is 0 Å². The van der Waals surface area contributed by atoms with Gasteiger partial charge in [-0.3, -0.25) is 0 Å². The number of methoxy groups -OCH3 is 1. The Bertz CT molecular complexity index is 401. The molecule has 3 nitrogen and oxygen atoms in total. The second kappa shape index (κ2) is 5.39. The summed E-state index contributed by atoms with van der Waals surface area (Å²) >= 11 is 0. The Hall–Kier alpha value is -1.71. The molecule has 1 aromatic rings. The summed E-state index contributed by atoms with van der Waals surface area (Å²) in [4.78, 5) is 21.5. The quantitative estimate of drug-likeness (QED) is 0.582. The Balaban J connectivity index is 2.99. The topological polar surface area (TPSA) is 43.4 Å². The standard InChI is InChI=1S/C12H13FO3/c1-8(5-6-14)10-4-3-9(7-11(10)13)12(15)16-2/h3-4,6-8H,5H2,1-2H3. The zero-order valence-electron chi connectivity index (χ0n) is 9.20. The molecule has 0 bridgehead atoms. The van der Waals surface area contributed by atoms with Gasteiger partial charge in [-0.15, -0.1) is 0 Å². The number of carbonyl (C=O) groups is 2. The van der Waals surface area contributed by atoms with E-state index in [0.717, 1.165) is 12.4 Å². The first-order chi connectivity index (χ1) is 7.60. The van der Waals surface area contributed by atoms with Gasteiger partial charge in [-0.05, 0) is 23.6 Å². The first-order valence-corrected chi connectivity index (χ1v) is 4.91. The molecular weight excluding hydrogens is 211 g/mol. The van der Waals surface area contributed by atoms with Gasteiger partial charge in [0, 0.05) is 6.42 Å². The second-order valence-corrected chi connectivity index (χ2v) is 3.53.